The Labute approximate surface area is 379 Å². The molecule has 0 N–H and O–H groups in total. The molecule has 4 heteroatoms. The van der Waals surface area contributed by atoms with Gasteiger partial charge in [0, 0.05) is 0 Å². The summed E-state index contributed by atoms with van der Waals surface area (Å²) in [5, 5.41) is 16.2. The summed E-state index contributed by atoms with van der Waals surface area (Å²) in [5.74, 6) is 0. The number of hydrogen-bond acceptors (Lipinski definition) is 3. The zero-order valence-corrected chi connectivity index (χ0v) is 37.2. The summed E-state index contributed by atoms with van der Waals surface area (Å²) in [5.41, 5.74) is 24.0. The first-order valence-corrected chi connectivity index (χ1v) is 23.6. The number of rotatable bonds is 7. The molecular weight excluding hydrogens is 842 g/mol. The molecule has 0 fully saturated rings. The van der Waals surface area contributed by atoms with Gasteiger partial charge in [0.1, 0.15) is 0 Å². The number of aryl methyl sites for hydroxylation is 1. The minimum absolute atomic E-state index is 0.149. The van der Waals surface area contributed by atoms with E-state index in [0.717, 1.165) is 51.1 Å². The summed E-state index contributed by atoms with van der Waals surface area (Å²) in [6.45, 7) is 4.60. The molecule has 0 unspecified atom stereocenters. The maximum atomic E-state index is 4.92. The zero-order chi connectivity index (χ0) is 42.7. The van der Waals surface area contributed by atoms with Crippen molar-refractivity contribution in [1.82, 2.24) is 15.4 Å². The van der Waals surface area contributed by atoms with Gasteiger partial charge in [0.05, 0.1) is 0 Å². The summed E-state index contributed by atoms with van der Waals surface area (Å²) < 4.78 is 2.81. The van der Waals surface area contributed by atoms with Gasteiger partial charge >= 0.3 is 363 Å². The van der Waals surface area contributed by atoms with E-state index in [2.05, 4.69) is 212 Å². The molecule has 12 rings (SSSR count). The van der Waals surface area contributed by atoms with Gasteiger partial charge in [-0.3, -0.25) is 0 Å². The van der Waals surface area contributed by atoms with E-state index in [0.29, 0.717) is 0 Å². The molecule has 0 spiro atoms. The fourth-order valence-corrected chi connectivity index (χ4v) is 12.6. The summed E-state index contributed by atoms with van der Waals surface area (Å²) in [6, 6.07) is 71.3. The summed E-state index contributed by atoms with van der Waals surface area (Å²) >= 11 is 0.149. The number of aromatic nitrogens is 3. The fraction of sp³-hybridized carbons (Fsp3) is 0.0500. The van der Waals surface area contributed by atoms with Crippen LogP contribution in [0.25, 0.3) is 108 Å². The molecule has 64 heavy (non-hydrogen) atoms. The van der Waals surface area contributed by atoms with Gasteiger partial charge < -0.3 is 0 Å². The van der Waals surface area contributed by atoms with Gasteiger partial charge in [-0.2, -0.15) is 0 Å². The first-order valence-electron chi connectivity index (χ1n) is 21.9. The van der Waals surface area contributed by atoms with Gasteiger partial charge in [0.2, 0.25) is 0 Å². The molecule has 0 aliphatic heterocycles. The summed E-state index contributed by atoms with van der Waals surface area (Å²) in [6.07, 6.45) is 2.68. The fourth-order valence-electron chi connectivity index (χ4n) is 10.3. The van der Waals surface area contributed by atoms with Crippen molar-refractivity contribution in [2.24, 2.45) is 0 Å². The Bertz CT molecular complexity index is 3590. The van der Waals surface area contributed by atoms with E-state index in [1.54, 1.807) is 6.20 Å². The van der Waals surface area contributed by atoms with Crippen LogP contribution >= 0.6 is 0 Å². The number of nitrogens with zero attached hydrogens (tertiary/aromatic N) is 3. The van der Waals surface area contributed by atoms with Gasteiger partial charge in [-0.1, -0.05) is 18.2 Å². The van der Waals surface area contributed by atoms with E-state index < -0.39 is 0 Å². The van der Waals surface area contributed by atoms with Gasteiger partial charge in [0.15, 0.2) is 0 Å². The van der Waals surface area contributed by atoms with E-state index in [-0.39, 0.29) is 14.5 Å². The number of benzene rings is 9. The average molecular weight is 883 g/mol. The van der Waals surface area contributed by atoms with E-state index in [9.17, 15) is 0 Å². The van der Waals surface area contributed by atoms with E-state index in [1.165, 1.54) is 86.1 Å². The molecule has 2 aromatic heterocycles. The summed E-state index contributed by atoms with van der Waals surface area (Å²) in [7, 11) is 0. The van der Waals surface area contributed by atoms with Crippen LogP contribution in [0.15, 0.2) is 200 Å². The van der Waals surface area contributed by atoms with Gasteiger partial charge in [-0.15, -0.1) is 0 Å². The normalized spacial score (nSPS) is 11.8. The predicted molar refractivity (Wildman–Crippen MR) is 268 cm³/mol. The third-order valence-corrected chi connectivity index (χ3v) is 15.6. The molecule has 0 amide bonds. The zero-order valence-electron chi connectivity index (χ0n) is 35.5. The Kier molecular flexibility index (Phi) is 9.37. The average Bonchev–Trinajstić information content (AvgIpc) is 3.93. The molecule has 302 valence electrons. The Balaban J connectivity index is 1.25. The van der Waals surface area contributed by atoms with Crippen LogP contribution in [0.2, 0.25) is 0 Å². The van der Waals surface area contributed by atoms with Crippen LogP contribution in [-0.2, 0) is 6.42 Å². The summed E-state index contributed by atoms with van der Waals surface area (Å²) in [4.78, 5) is 0. The molecule has 0 radical (unpaired) electrons. The van der Waals surface area contributed by atoms with Crippen molar-refractivity contribution in [1.29, 1.82) is 0 Å². The molecular formula is C60H41N3Se. The van der Waals surface area contributed by atoms with E-state index in [4.69, 9.17) is 5.10 Å². The molecule has 0 atom stereocenters. The minimum atomic E-state index is 0.149. The van der Waals surface area contributed by atoms with Crippen molar-refractivity contribution in [2.45, 2.75) is 20.3 Å². The Morgan fingerprint density at radius 1 is 0.422 bits per heavy atom. The van der Waals surface area contributed by atoms with Crippen molar-refractivity contribution >= 4 is 33.8 Å². The molecule has 11 aromatic rings. The van der Waals surface area contributed by atoms with Crippen LogP contribution in [0.5, 0.6) is 0 Å². The quantitative estimate of drug-likeness (QED) is 0.150. The second-order valence-electron chi connectivity index (χ2n) is 16.8. The monoisotopic (exact) mass is 883 g/mol. The molecule has 9 aromatic carbocycles. The van der Waals surface area contributed by atoms with Crippen LogP contribution in [0.3, 0.4) is 0 Å². The molecule has 0 saturated heterocycles. The third-order valence-electron chi connectivity index (χ3n) is 13.3. The van der Waals surface area contributed by atoms with Crippen LogP contribution in [0, 0.1) is 13.8 Å². The van der Waals surface area contributed by atoms with Gasteiger partial charge in [-0.05, 0) is 0 Å². The first-order chi connectivity index (χ1) is 31.6. The second-order valence-corrected chi connectivity index (χ2v) is 19.0. The number of fused-ring (bicyclic) bond motifs is 6. The molecule has 2 heterocycles. The van der Waals surface area contributed by atoms with E-state index in [1.807, 2.05) is 6.07 Å². The molecule has 1 aliphatic rings. The van der Waals surface area contributed by atoms with Crippen molar-refractivity contribution in [3.8, 4) is 89.1 Å². The Morgan fingerprint density at radius 3 is 1.77 bits per heavy atom. The van der Waals surface area contributed by atoms with Crippen molar-refractivity contribution in [3.05, 3.63) is 223 Å². The molecule has 0 bridgehead atoms. The van der Waals surface area contributed by atoms with Crippen LogP contribution < -0.4 is 0 Å². The van der Waals surface area contributed by atoms with Crippen LogP contribution in [-0.4, -0.2) is 29.9 Å². The van der Waals surface area contributed by atoms with Gasteiger partial charge in [-0.25, -0.2) is 0 Å². The van der Waals surface area contributed by atoms with Crippen LogP contribution in [0.4, 0.5) is 0 Å². The Hall–Kier alpha value is -7.49. The Morgan fingerprint density at radius 2 is 1.02 bits per heavy atom. The SMILES string of the molecule is Cc1cc2c(c(-c3ccc4[se]c5ccccc5c4c3-c3ccc(-c4ccccc4)c(-c4ccccc4-c4ccccc4-c4ccccc4)c3-c3ccnnn3)c1C)Cc1ccccc1-2. The standard InChI is InChI=1S/C60H41N3Se/c1-37-35-51-43-23-10-9-21-41(43)36-52(51)56(38(37)2)49-31-32-55-60(48-27-15-16-28-54(48)64-55)58(49)50-30-29-44(40-19-7-4-8-20-40)57(59(50)53-33-34-61-63-62-53)47-26-14-13-25-46(47)45-24-12-11-22-42(45)39-17-5-3-6-18-39/h3-35H,36H2,1-2H3. The topological polar surface area (TPSA) is 38.7 Å². The maximum absolute atomic E-state index is 4.92. The molecule has 1 aliphatic carbocycles. The van der Waals surface area contributed by atoms with Crippen molar-refractivity contribution < 1.29 is 0 Å². The second kappa shape index (κ2) is 15.7. The molecule has 0 saturated carbocycles. The van der Waals surface area contributed by atoms with Gasteiger partial charge in [0.25, 0.3) is 0 Å². The predicted octanol–water partition coefficient (Wildman–Crippen LogP) is 15.1. The third kappa shape index (κ3) is 6.21. The van der Waals surface area contributed by atoms with Crippen LogP contribution in [0.1, 0.15) is 22.3 Å². The number of hydrogen-bond donors (Lipinski definition) is 0. The van der Waals surface area contributed by atoms with Crippen molar-refractivity contribution in [3.63, 3.8) is 0 Å². The van der Waals surface area contributed by atoms with E-state index >= 15 is 0 Å². The first kappa shape index (κ1) is 38.2. The molecule has 3 nitrogen and oxygen atoms in total. The van der Waals surface area contributed by atoms with Crippen molar-refractivity contribution in [2.75, 3.05) is 0 Å².